The maximum absolute atomic E-state index is 11.0. The lowest BCUT2D eigenvalue weighted by molar-refractivity contribution is -0.136. The molecule has 16 heavy (non-hydrogen) atoms. The second kappa shape index (κ2) is 10.2. The minimum absolute atomic E-state index is 0.152. The van der Waals surface area contributed by atoms with Gasteiger partial charge < -0.3 is 14.2 Å². The van der Waals surface area contributed by atoms with E-state index in [1.165, 1.54) is 7.11 Å². The third kappa shape index (κ3) is 8.04. The molecule has 0 radical (unpaired) electrons. The number of rotatable bonds is 7. The Hall–Kier alpha value is -1.31. The Balaban J connectivity index is 4.15. The predicted molar refractivity (Wildman–Crippen MR) is 60.6 cm³/mol. The molecule has 0 fully saturated rings. The molecule has 90 valence electrons. The number of carbonyl (C=O) groups excluding carboxylic acids is 1. The van der Waals surface area contributed by atoms with Gasteiger partial charge in [0.2, 0.25) is 0 Å². The summed E-state index contributed by atoms with van der Waals surface area (Å²) < 4.78 is 14.7. The molecule has 0 aromatic rings. The van der Waals surface area contributed by atoms with Crippen LogP contribution in [-0.2, 0) is 19.0 Å². The highest BCUT2D eigenvalue weighted by Crippen LogP contribution is 2.01. The Morgan fingerprint density at radius 2 is 2.31 bits per heavy atom. The van der Waals surface area contributed by atoms with Gasteiger partial charge in [-0.2, -0.15) is 0 Å². The van der Waals surface area contributed by atoms with Crippen molar-refractivity contribution in [2.24, 2.45) is 0 Å². The number of esters is 1. The zero-order valence-electron chi connectivity index (χ0n) is 9.82. The monoisotopic (exact) mass is 226 g/mol. The smallest absolute Gasteiger partial charge is 0.384 e. The fourth-order valence-electron chi connectivity index (χ4n) is 0.923. The van der Waals surface area contributed by atoms with Gasteiger partial charge in [-0.25, -0.2) is 4.79 Å². The van der Waals surface area contributed by atoms with E-state index in [9.17, 15) is 4.79 Å². The largest absolute Gasteiger partial charge is 0.456 e. The predicted octanol–water partition coefficient (Wildman–Crippen LogP) is 1.51. The molecule has 0 amide bonds. The first-order valence-electron chi connectivity index (χ1n) is 5.14. The van der Waals surface area contributed by atoms with Gasteiger partial charge in [0.15, 0.2) is 0 Å². The average molecular weight is 226 g/mol. The van der Waals surface area contributed by atoms with Crippen molar-refractivity contribution in [3.63, 3.8) is 0 Å². The van der Waals surface area contributed by atoms with Crippen molar-refractivity contribution in [1.82, 2.24) is 0 Å². The van der Waals surface area contributed by atoms with Gasteiger partial charge in [0.25, 0.3) is 0 Å². The van der Waals surface area contributed by atoms with E-state index in [2.05, 4.69) is 23.2 Å². The number of hydrogen-bond donors (Lipinski definition) is 0. The van der Waals surface area contributed by atoms with Gasteiger partial charge in [0.05, 0.1) is 6.61 Å². The van der Waals surface area contributed by atoms with E-state index in [0.717, 1.165) is 6.42 Å². The topological polar surface area (TPSA) is 44.8 Å². The summed E-state index contributed by atoms with van der Waals surface area (Å²) in [7, 11) is 1.53. The Morgan fingerprint density at radius 1 is 1.56 bits per heavy atom. The maximum Gasteiger partial charge on any atom is 0.384 e. The second-order valence-electron chi connectivity index (χ2n) is 2.92. The summed E-state index contributed by atoms with van der Waals surface area (Å²) in [5.41, 5.74) is 0. The summed E-state index contributed by atoms with van der Waals surface area (Å²) in [6.07, 6.45) is 2.89. The minimum Gasteiger partial charge on any atom is -0.456 e. The Bertz CT molecular complexity index is 262. The van der Waals surface area contributed by atoms with Crippen LogP contribution in [0.15, 0.2) is 12.7 Å². The number of ether oxygens (including phenoxy) is 3. The maximum atomic E-state index is 11.0. The van der Waals surface area contributed by atoms with E-state index in [4.69, 9.17) is 9.47 Å². The van der Waals surface area contributed by atoms with Gasteiger partial charge in [0, 0.05) is 13.0 Å². The standard InChI is InChI=1S/C12H18O4/c1-4-6-7-11(16-10-14-3)8-9-12(13)15-5-2/h4,11H,1,5-7,10H2,2-3H3. The lowest BCUT2D eigenvalue weighted by Crippen LogP contribution is -2.13. The molecule has 1 unspecified atom stereocenters. The normalized spacial score (nSPS) is 11.1. The summed E-state index contributed by atoms with van der Waals surface area (Å²) in [5, 5.41) is 0. The van der Waals surface area contributed by atoms with E-state index in [-0.39, 0.29) is 12.9 Å². The van der Waals surface area contributed by atoms with Gasteiger partial charge >= 0.3 is 5.97 Å². The van der Waals surface area contributed by atoms with Crippen molar-refractivity contribution in [3.05, 3.63) is 12.7 Å². The summed E-state index contributed by atoms with van der Waals surface area (Å²) in [6.45, 7) is 5.82. The number of hydrogen-bond acceptors (Lipinski definition) is 4. The molecule has 0 bridgehead atoms. The number of methoxy groups -OCH3 is 1. The van der Waals surface area contributed by atoms with Gasteiger partial charge in [0.1, 0.15) is 12.9 Å². The van der Waals surface area contributed by atoms with Gasteiger partial charge in [-0.3, -0.25) is 0 Å². The molecule has 0 saturated heterocycles. The minimum atomic E-state index is -0.535. The molecule has 0 aliphatic heterocycles. The van der Waals surface area contributed by atoms with E-state index in [1.54, 1.807) is 13.0 Å². The van der Waals surface area contributed by atoms with Crippen LogP contribution in [0.1, 0.15) is 19.8 Å². The van der Waals surface area contributed by atoms with Gasteiger partial charge in [-0.05, 0) is 19.8 Å². The highest BCUT2D eigenvalue weighted by Gasteiger charge is 2.04. The van der Waals surface area contributed by atoms with Crippen molar-refractivity contribution < 1.29 is 19.0 Å². The van der Waals surface area contributed by atoms with Crippen LogP contribution in [-0.4, -0.2) is 32.6 Å². The Labute approximate surface area is 96.6 Å². The first kappa shape index (κ1) is 14.7. The molecule has 0 aliphatic carbocycles. The molecular weight excluding hydrogens is 208 g/mol. The third-order valence-electron chi connectivity index (χ3n) is 1.63. The summed E-state index contributed by atoms with van der Waals surface area (Å²) in [6, 6.07) is 0. The van der Waals surface area contributed by atoms with E-state index in [0.29, 0.717) is 13.0 Å². The molecule has 4 nitrogen and oxygen atoms in total. The van der Waals surface area contributed by atoms with Crippen molar-refractivity contribution in [2.75, 3.05) is 20.5 Å². The Kier molecular flexibility index (Phi) is 9.38. The first-order chi connectivity index (χ1) is 7.74. The highest BCUT2D eigenvalue weighted by molar-refractivity contribution is 5.88. The van der Waals surface area contributed by atoms with Crippen LogP contribution in [0.4, 0.5) is 0 Å². The molecule has 0 N–H and O–H groups in total. The van der Waals surface area contributed by atoms with E-state index in [1.807, 2.05) is 0 Å². The molecule has 0 aromatic carbocycles. The summed E-state index contributed by atoms with van der Waals surface area (Å²) in [5.74, 6) is 4.54. The first-order valence-corrected chi connectivity index (χ1v) is 5.14. The van der Waals surface area contributed by atoms with Gasteiger partial charge in [-0.15, -0.1) is 6.58 Å². The highest BCUT2D eigenvalue weighted by atomic mass is 16.7. The fourth-order valence-corrected chi connectivity index (χ4v) is 0.923. The lowest BCUT2D eigenvalue weighted by atomic mass is 10.2. The van der Waals surface area contributed by atoms with Crippen LogP contribution in [0.3, 0.4) is 0 Å². The van der Waals surface area contributed by atoms with Crippen LogP contribution in [0.25, 0.3) is 0 Å². The number of allylic oxidation sites excluding steroid dienone is 1. The summed E-state index contributed by atoms with van der Waals surface area (Å²) >= 11 is 0. The zero-order valence-corrected chi connectivity index (χ0v) is 9.82. The molecule has 0 rings (SSSR count). The van der Waals surface area contributed by atoms with Crippen molar-refractivity contribution in [2.45, 2.75) is 25.9 Å². The quantitative estimate of drug-likeness (QED) is 0.217. The van der Waals surface area contributed by atoms with Crippen molar-refractivity contribution in [3.8, 4) is 11.8 Å². The lowest BCUT2D eigenvalue weighted by Gasteiger charge is -2.09. The summed E-state index contributed by atoms with van der Waals surface area (Å²) in [4.78, 5) is 11.0. The second-order valence-corrected chi connectivity index (χ2v) is 2.92. The Morgan fingerprint density at radius 3 is 2.88 bits per heavy atom. The van der Waals surface area contributed by atoms with E-state index >= 15 is 0 Å². The van der Waals surface area contributed by atoms with Crippen LogP contribution >= 0.6 is 0 Å². The van der Waals surface area contributed by atoms with Gasteiger partial charge in [-0.1, -0.05) is 12.0 Å². The van der Waals surface area contributed by atoms with E-state index < -0.39 is 5.97 Å². The van der Waals surface area contributed by atoms with Crippen molar-refractivity contribution >= 4 is 5.97 Å². The van der Waals surface area contributed by atoms with Crippen LogP contribution in [0, 0.1) is 11.8 Å². The number of carbonyl (C=O) groups is 1. The van der Waals surface area contributed by atoms with Crippen molar-refractivity contribution in [1.29, 1.82) is 0 Å². The molecule has 1 atom stereocenters. The molecule has 0 saturated carbocycles. The SMILES string of the molecule is C=CCCC(C#CC(=O)OCC)OCOC. The average Bonchev–Trinajstić information content (AvgIpc) is 2.28. The van der Waals surface area contributed by atoms with Crippen LogP contribution in [0.5, 0.6) is 0 Å². The molecule has 0 heterocycles. The molecular formula is C12H18O4. The third-order valence-corrected chi connectivity index (χ3v) is 1.63. The molecule has 0 aliphatic rings. The van der Waals surface area contributed by atoms with Crippen LogP contribution in [0.2, 0.25) is 0 Å². The molecule has 0 spiro atoms. The van der Waals surface area contributed by atoms with Crippen LogP contribution < -0.4 is 0 Å². The zero-order chi connectivity index (χ0) is 12.2. The molecule has 0 aromatic heterocycles. The fraction of sp³-hybridized carbons (Fsp3) is 0.583. The molecule has 4 heteroatoms.